The van der Waals surface area contributed by atoms with Crippen molar-refractivity contribution in [1.82, 2.24) is 42.1 Å². The van der Waals surface area contributed by atoms with Crippen molar-refractivity contribution in [3.8, 4) is 5.75 Å². The Bertz CT molecular complexity index is 2800. The Balaban J connectivity index is 1.59. The summed E-state index contributed by atoms with van der Waals surface area (Å²) in [6.45, 7) is -0.578. The summed E-state index contributed by atoms with van der Waals surface area (Å²) in [5.41, 5.74) is 35.0. The summed E-state index contributed by atoms with van der Waals surface area (Å²) in [5.74, 6) is -12.2. The average molecular weight is 1160 g/mol. The van der Waals surface area contributed by atoms with Crippen LogP contribution in [0, 0.1) is 0 Å². The molecule has 1 fully saturated rings. The van der Waals surface area contributed by atoms with Gasteiger partial charge < -0.3 is 86.7 Å². The molecule has 4 rings (SSSR count). The molecule has 0 bridgehead atoms. The lowest BCUT2D eigenvalue weighted by atomic mass is 10.0. The largest absolute Gasteiger partial charge is 0.508 e. The molecule has 29 nitrogen and oxygen atoms in total. The molecule has 11 amide bonds. The zero-order valence-corrected chi connectivity index (χ0v) is 45.5. The summed E-state index contributed by atoms with van der Waals surface area (Å²) < 4.78 is 0. The second kappa shape index (κ2) is 33.2. The maximum Gasteiger partial charge on any atom is 0.303 e. The molecule has 3 aromatic rings. The quantitative estimate of drug-likeness (QED) is 0.0152. The highest BCUT2D eigenvalue weighted by Gasteiger charge is 2.40. The van der Waals surface area contributed by atoms with Crippen LogP contribution in [0.1, 0.15) is 74.5 Å². The number of carbonyl (C=O) groups is 12. The molecule has 1 aliphatic heterocycles. The molecule has 0 saturated carbocycles. The van der Waals surface area contributed by atoms with Crippen molar-refractivity contribution >= 4 is 76.9 Å². The second-order valence-corrected chi connectivity index (χ2v) is 19.7. The third kappa shape index (κ3) is 23.1. The van der Waals surface area contributed by atoms with Crippen molar-refractivity contribution in [2.45, 2.75) is 125 Å². The van der Waals surface area contributed by atoms with Gasteiger partial charge in [0.25, 0.3) is 0 Å². The minimum absolute atomic E-state index is 0.0353. The lowest BCUT2D eigenvalue weighted by Crippen LogP contribution is -2.61. The predicted octanol–water partition coefficient (Wildman–Crippen LogP) is -4.69. The summed E-state index contributed by atoms with van der Waals surface area (Å²) in [4.78, 5) is 165. The number of nitrogens with zero attached hydrogens (tertiary/aromatic N) is 2. The lowest BCUT2D eigenvalue weighted by molar-refractivity contribution is -0.143. The van der Waals surface area contributed by atoms with Gasteiger partial charge in [-0.25, -0.2) is 0 Å². The topological polar surface area (TPSA) is 501 Å². The number of guanidine groups is 1. The predicted molar refractivity (Wildman–Crippen MR) is 298 cm³/mol. The molecule has 448 valence electrons. The van der Waals surface area contributed by atoms with E-state index in [9.17, 15) is 67.7 Å². The van der Waals surface area contributed by atoms with E-state index in [0.29, 0.717) is 11.1 Å². The first kappa shape index (κ1) is 65.8. The maximum absolute atomic E-state index is 14.5. The summed E-state index contributed by atoms with van der Waals surface area (Å²) >= 11 is 0. The summed E-state index contributed by atoms with van der Waals surface area (Å²) in [7, 11) is 0. The van der Waals surface area contributed by atoms with Crippen LogP contribution in [0.25, 0.3) is 0 Å². The number of benzene rings is 3. The fourth-order valence-corrected chi connectivity index (χ4v) is 8.80. The molecule has 3 aromatic carbocycles. The van der Waals surface area contributed by atoms with Crippen molar-refractivity contribution in [2.24, 2.45) is 39.4 Å². The number of phenolic OH excluding ortho intramolecular Hbond substituents is 1. The Hall–Kier alpha value is -9.67. The Morgan fingerprint density at radius 2 is 1.04 bits per heavy atom. The molecule has 1 heterocycles. The van der Waals surface area contributed by atoms with E-state index in [2.05, 4.69) is 42.2 Å². The number of aliphatic carboxylic acids is 1. The molecule has 29 heteroatoms. The van der Waals surface area contributed by atoms with Crippen LogP contribution in [-0.2, 0) is 76.8 Å². The number of nitrogens with one attached hydrogen (secondary N) is 7. The summed E-state index contributed by atoms with van der Waals surface area (Å²) in [6, 6.07) is 11.0. The molecule has 0 unspecified atom stereocenters. The molecule has 1 aliphatic rings. The number of hydrogen-bond acceptors (Lipinski definition) is 15. The van der Waals surface area contributed by atoms with Gasteiger partial charge >= 0.3 is 5.97 Å². The molecule has 0 spiro atoms. The van der Waals surface area contributed by atoms with Crippen molar-refractivity contribution in [1.29, 1.82) is 0 Å². The van der Waals surface area contributed by atoms with Crippen molar-refractivity contribution < 1.29 is 67.7 Å². The maximum atomic E-state index is 14.5. The Morgan fingerprint density at radius 1 is 0.542 bits per heavy atom. The van der Waals surface area contributed by atoms with E-state index in [-0.39, 0.29) is 69.7 Å². The Morgan fingerprint density at radius 3 is 1.59 bits per heavy atom. The average Bonchev–Trinajstić information content (AvgIpc) is 3.94. The number of carboxylic acid groups (broad SMARTS) is 1. The third-order valence-electron chi connectivity index (χ3n) is 13.0. The van der Waals surface area contributed by atoms with Crippen LogP contribution in [0.5, 0.6) is 5.75 Å². The molecule has 0 radical (unpaired) electrons. The lowest BCUT2D eigenvalue weighted by Gasteiger charge is -2.30. The van der Waals surface area contributed by atoms with Crippen LogP contribution in [-0.4, -0.2) is 160 Å². The van der Waals surface area contributed by atoms with E-state index < -0.39 is 158 Å². The van der Waals surface area contributed by atoms with E-state index in [1.807, 2.05) is 0 Å². The number of likely N-dealkylation sites (tertiary alicyclic amines) is 1. The number of rotatable bonds is 34. The highest BCUT2D eigenvalue weighted by Crippen LogP contribution is 2.21. The smallest absolute Gasteiger partial charge is 0.303 e. The number of phenols is 1. The van der Waals surface area contributed by atoms with Gasteiger partial charge in [0, 0.05) is 38.8 Å². The van der Waals surface area contributed by atoms with Crippen molar-refractivity contribution in [3.63, 3.8) is 0 Å². The van der Waals surface area contributed by atoms with Gasteiger partial charge in [0.1, 0.15) is 48.0 Å². The minimum Gasteiger partial charge on any atom is -0.508 e. The summed E-state index contributed by atoms with van der Waals surface area (Å²) in [5, 5.41) is 36.9. The summed E-state index contributed by atoms with van der Waals surface area (Å²) in [6.07, 6.45) is -3.07. The first-order chi connectivity index (χ1) is 39.4. The van der Waals surface area contributed by atoms with Gasteiger partial charge in [-0.1, -0.05) is 72.8 Å². The molecular weight excluding hydrogens is 1080 g/mol. The molecule has 0 aliphatic carbocycles. The number of primary amides is 3. The van der Waals surface area contributed by atoms with E-state index in [1.165, 1.54) is 24.3 Å². The normalized spacial score (nSPS) is 15.2. The fourth-order valence-electron chi connectivity index (χ4n) is 8.80. The number of amides is 11. The standard InChI is InChI=1S/C54H73N15O14/c55-34(25-30-9-3-1-4-10-30)46(76)66-38(27-32-15-17-33(70)18-16-32)50(80)67-39(26-31-11-5-2-6-12-31)49(79)63-36(19-21-42(56)71)48(78)68-40(28-43(57)72)51(81)65-37(20-22-45(74)75)53(83)69-24-8-14-41(69)52(82)64-35(13-7-23-61-54(59)60)47(77)62-29-44(58)73/h1-6,9-12,15-18,34-41,70H,7-8,13-14,19-29,55H2,(H2,56,71)(H2,57,72)(H2,58,73)(H,62,77)(H,63,79)(H,64,82)(H,65,81)(H,66,76)(H,67,80)(H,68,78)(H,74,75)(H4,59,60,61)/t34-,35-,36-,37-,38-,39-,40-,41-/m0/s1. The fraction of sp³-hybridized carbons (Fsp3) is 0.426. The first-order valence-electron chi connectivity index (χ1n) is 26.5. The SMILES string of the molecule is NC(=O)CC[C@H](NC(=O)[C@H](Cc1ccccc1)NC(=O)[C@H](Cc1ccc(O)cc1)NC(=O)[C@@H](N)Cc1ccccc1)C(=O)N[C@@H](CC(N)=O)C(=O)N[C@@H](CCC(=O)O)C(=O)N1CCC[C@H]1C(=O)N[C@@H](CCCN=C(N)N)C(=O)NCC(N)=O. The minimum atomic E-state index is -1.93. The number of nitrogens with two attached hydrogens (primary N) is 6. The van der Waals surface area contributed by atoms with Gasteiger partial charge in [0.05, 0.1) is 19.0 Å². The Labute approximate surface area is 477 Å². The van der Waals surface area contributed by atoms with E-state index in [1.54, 1.807) is 60.7 Å². The molecule has 1 saturated heterocycles. The number of carbonyl (C=O) groups excluding carboxylic acids is 11. The van der Waals surface area contributed by atoms with Crippen LogP contribution in [0.4, 0.5) is 0 Å². The third-order valence-corrected chi connectivity index (χ3v) is 13.0. The van der Waals surface area contributed by atoms with Gasteiger partial charge in [0.15, 0.2) is 5.96 Å². The first-order valence-corrected chi connectivity index (χ1v) is 26.5. The number of aromatic hydroxyl groups is 1. The number of aliphatic imine (C=N–C) groups is 1. The van der Waals surface area contributed by atoms with E-state index in [4.69, 9.17) is 34.4 Å². The number of hydrogen-bond donors (Lipinski definition) is 15. The molecular formula is C54H73N15O14. The van der Waals surface area contributed by atoms with Crippen molar-refractivity contribution in [2.75, 3.05) is 19.6 Å². The van der Waals surface area contributed by atoms with Crippen LogP contribution < -0.4 is 71.6 Å². The van der Waals surface area contributed by atoms with Crippen LogP contribution in [0.15, 0.2) is 89.9 Å². The van der Waals surface area contributed by atoms with Gasteiger partial charge in [-0.05, 0) is 73.8 Å². The molecule has 83 heavy (non-hydrogen) atoms. The highest BCUT2D eigenvalue weighted by molar-refractivity contribution is 5.99. The number of carboxylic acids is 1. The highest BCUT2D eigenvalue weighted by atomic mass is 16.4. The van der Waals surface area contributed by atoms with Gasteiger partial charge in [-0.3, -0.25) is 62.5 Å². The van der Waals surface area contributed by atoms with E-state index >= 15 is 0 Å². The zero-order valence-electron chi connectivity index (χ0n) is 45.5. The van der Waals surface area contributed by atoms with Crippen LogP contribution >= 0.6 is 0 Å². The Kier molecular flexibility index (Phi) is 26.3. The van der Waals surface area contributed by atoms with Gasteiger partial charge in [-0.15, -0.1) is 0 Å². The van der Waals surface area contributed by atoms with Gasteiger partial charge in [-0.2, -0.15) is 0 Å². The van der Waals surface area contributed by atoms with Crippen molar-refractivity contribution in [3.05, 3.63) is 102 Å². The van der Waals surface area contributed by atoms with Crippen LogP contribution in [0.2, 0.25) is 0 Å². The molecule has 21 N–H and O–H groups in total. The second-order valence-electron chi connectivity index (χ2n) is 19.7. The molecule has 8 atom stereocenters. The van der Waals surface area contributed by atoms with Gasteiger partial charge in [0.2, 0.25) is 65.0 Å². The molecule has 0 aromatic heterocycles. The van der Waals surface area contributed by atoms with E-state index in [0.717, 1.165) is 10.5 Å². The van der Waals surface area contributed by atoms with Crippen LogP contribution in [0.3, 0.4) is 0 Å². The monoisotopic (exact) mass is 1160 g/mol. The zero-order chi connectivity index (χ0) is 61.2.